The maximum atomic E-state index is 3.64. The van der Waals surface area contributed by atoms with E-state index in [1.165, 1.54) is 32.1 Å². The molecule has 1 unspecified atom stereocenters. The van der Waals surface area contributed by atoms with E-state index in [1.807, 2.05) is 0 Å². The monoisotopic (exact) mass is 379 g/mol. The highest BCUT2D eigenvalue weighted by atomic mass is 127. The number of aryl methyl sites for hydroxylation is 1. The maximum absolute atomic E-state index is 3.64. The molecule has 1 aromatic rings. The van der Waals surface area contributed by atoms with E-state index in [4.69, 9.17) is 0 Å². The Labute approximate surface area is 113 Å². The van der Waals surface area contributed by atoms with Gasteiger partial charge >= 0.3 is 0 Å². The van der Waals surface area contributed by atoms with Gasteiger partial charge < -0.3 is 5.32 Å². The second-order valence-corrected chi connectivity index (χ2v) is 6.56. The number of rotatable bonds is 1. The lowest BCUT2D eigenvalue weighted by Crippen LogP contribution is -2.30. The van der Waals surface area contributed by atoms with Crippen LogP contribution in [0.25, 0.3) is 0 Å². The van der Waals surface area contributed by atoms with Gasteiger partial charge in [-0.25, -0.2) is 0 Å². The molecule has 0 saturated heterocycles. The summed E-state index contributed by atoms with van der Waals surface area (Å²) in [6.07, 6.45) is 2.44. The maximum Gasteiger partial charge on any atom is 0.0520 e. The molecular weight excluding hydrogens is 365 g/mol. The van der Waals surface area contributed by atoms with Crippen LogP contribution in [-0.2, 0) is 6.42 Å². The van der Waals surface area contributed by atoms with Crippen molar-refractivity contribution in [2.45, 2.75) is 32.7 Å². The zero-order valence-electron chi connectivity index (χ0n) is 8.98. The Bertz CT molecular complexity index is 376. The number of benzene rings is 1. The molecule has 15 heavy (non-hydrogen) atoms. The molecule has 1 heterocycles. The van der Waals surface area contributed by atoms with Gasteiger partial charge in [0.1, 0.15) is 0 Å². The van der Waals surface area contributed by atoms with Crippen molar-refractivity contribution >= 4 is 44.2 Å². The molecule has 0 amide bonds. The van der Waals surface area contributed by atoms with Gasteiger partial charge in [0.15, 0.2) is 0 Å². The largest absolute Gasteiger partial charge is 0.381 e. The number of anilines is 1. The lowest BCUT2D eigenvalue weighted by Gasteiger charge is -2.30. The molecule has 3 heteroatoms. The number of hydrogen-bond donors (Lipinski definition) is 1. The summed E-state index contributed by atoms with van der Waals surface area (Å²) >= 11 is 6.01. The molecule has 0 bridgehead atoms. The van der Waals surface area contributed by atoms with Gasteiger partial charge in [-0.3, -0.25) is 0 Å². The first-order valence-corrected chi connectivity index (χ1v) is 7.19. The van der Waals surface area contributed by atoms with Gasteiger partial charge in [0.25, 0.3) is 0 Å². The van der Waals surface area contributed by atoms with Crippen molar-refractivity contribution in [1.82, 2.24) is 0 Å². The fourth-order valence-electron chi connectivity index (χ4n) is 2.05. The van der Waals surface area contributed by atoms with Crippen molar-refractivity contribution in [3.63, 3.8) is 0 Å². The van der Waals surface area contributed by atoms with E-state index in [1.54, 1.807) is 0 Å². The highest BCUT2D eigenvalue weighted by molar-refractivity contribution is 14.1. The van der Waals surface area contributed by atoms with Gasteiger partial charge in [-0.15, -0.1) is 0 Å². The minimum absolute atomic E-state index is 0.619. The number of nitrogens with one attached hydrogen (secondary N) is 1. The van der Waals surface area contributed by atoms with Gasteiger partial charge in [0, 0.05) is 14.1 Å². The van der Waals surface area contributed by atoms with E-state index in [2.05, 4.69) is 69.8 Å². The SMILES string of the molecule is CC(C)C1CCc2cc(I)cc(Br)c2N1. The summed E-state index contributed by atoms with van der Waals surface area (Å²) in [5.41, 5.74) is 2.76. The summed E-state index contributed by atoms with van der Waals surface area (Å²) in [4.78, 5) is 0. The Kier molecular flexibility index (Phi) is 3.60. The predicted octanol–water partition coefficient (Wildman–Crippen LogP) is 4.44. The van der Waals surface area contributed by atoms with E-state index in [9.17, 15) is 0 Å². The molecule has 0 aromatic heterocycles. The van der Waals surface area contributed by atoms with Crippen LogP contribution in [0.5, 0.6) is 0 Å². The van der Waals surface area contributed by atoms with Crippen molar-refractivity contribution < 1.29 is 0 Å². The predicted molar refractivity (Wildman–Crippen MR) is 77.4 cm³/mol. The van der Waals surface area contributed by atoms with Crippen LogP contribution in [-0.4, -0.2) is 6.04 Å². The quantitative estimate of drug-likeness (QED) is 0.711. The average Bonchev–Trinajstić information content (AvgIpc) is 2.16. The van der Waals surface area contributed by atoms with Gasteiger partial charge in [-0.1, -0.05) is 13.8 Å². The smallest absolute Gasteiger partial charge is 0.0520 e. The van der Waals surface area contributed by atoms with Crippen molar-refractivity contribution in [3.05, 3.63) is 25.7 Å². The summed E-state index contributed by atoms with van der Waals surface area (Å²) in [6.45, 7) is 4.56. The van der Waals surface area contributed by atoms with Crippen LogP contribution in [0.1, 0.15) is 25.8 Å². The van der Waals surface area contributed by atoms with Crippen LogP contribution in [0.4, 0.5) is 5.69 Å². The molecule has 0 aliphatic carbocycles. The minimum atomic E-state index is 0.619. The number of fused-ring (bicyclic) bond motifs is 1. The van der Waals surface area contributed by atoms with Crippen LogP contribution in [0.3, 0.4) is 0 Å². The summed E-state index contributed by atoms with van der Waals surface area (Å²) in [7, 11) is 0. The molecule has 0 radical (unpaired) electrons. The highest BCUT2D eigenvalue weighted by Gasteiger charge is 2.22. The lowest BCUT2D eigenvalue weighted by atomic mass is 9.92. The van der Waals surface area contributed by atoms with Crippen molar-refractivity contribution in [3.8, 4) is 0 Å². The molecular formula is C12H15BrIN. The van der Waals surface area contributed by atoms with E-state index in [0.29, 0.717) is 12.0 Å². The molecule has 0 fully saturated rings. The molecule has 0 spiro atoms. The number of hydrogen-bond acceptors (Lipinski definition) is 1. The zero-order valence-corrected chi connectivity index (χ0v) is 12.7. The molecule has 1 N–H and O–H groups in total. The fraction of sp³-hybridized carbons (Fsp3) is 0.500. The second kappa shape index (κ2) is 4.62. The molecule has 0 saturated carbocycles. The van der Waals surface area contributed by atoms with Crippen LogP contribution < -0.4 is 5.32 Å². The van der Waals surface area contributed by atoms with Crippen molar-refractivity contribution in [1.29, 1.82) is 0 Å². The lowest BCUT2D eigenvalue weighted by molar-refractivity contribution is 0.482. The Morgan fingerprint density at radius 2 is 2.20 bits per heavy atom. The number of halogens is 2. The van der Waals surface area contributed by atoms with E-state index >= 15 is 0 Å². The van der Waals surface area contributed by atoms with Gasteiger partial charge in [-0.05, 0) is 75.0 Å². The van der Waals surface area contributed by atoms with Gasteiger partial charge in [-0.2, -0.15) is 0 Å². The van der Waals surface area contributed by atoms with Crippen molar-refractivity contribution in [2.75, 3.05) is 5.32 Å². The fourth-order valence-corrected chi connectivity index (χ4v) is 3.79. The van der Waals surface area contributed by atoms with Gasteiger partial charge in [0.2, 0.25) is 0 Å². The van der Waals surface area contributed by atoms with Crippen LogP contribution in [0.2, 0.25) is 0 Å². The Morgan fingerprint density at radius 1 is 1.47 bits per heavy atom. The molecule has 1 aliphatic heterocycles. The first-order chi connectivity index (χ1) is 7.08. The second-order valence-electron chi connectivity index (χ2n) is 4.46. The molecule has 1 aromatic carbocycles. The summed E-state index contributed by atoms with van der Waals surface area (Å²) < 4.78 is 2.51. The summed E-state index contributed by atoms with van der Waals surface area (Å²) in [5, 5.41) is 3.64. The van der Waals surface area contributed by atoms with Crippen LogP contribution in [0, 0.1) is 9.49 Å². The Morgan fingerprint density at radius 3 is 2.87 bits per heavy atom. The topological polar surface area (TPSA) is 12.0 Å². The molecule has 82 valence electrons. The molecule has 1 nitrogen and oxygen atoms in total. The van der Waals surface area contributed by atoms with Crippen molar-refractivity contribution in [2.24, 2.45) is 5.92 Å². The average molecular weight is 380 g/mol. The third-order valence-electron chi connectivity index (χ3n) is 3.00. The zero-order chi connectivity index (χ0) is 11.0. The third-order valence-corrected chi connectivity index (χ3v) is 4.24. The van der Waals surface area contributed by atoms with Crippen LogP contribution >= 0.6 is 38.5 Å². The minimum Gasteiger partial charge on any atom is -0.381 e. The first kappa shape index (κ1) is 11.7. The standard InChI is InChI=1S/C12H15BrIN/c1-7(2)11-4-3-8-5-9(14)6-10(13)12(8)15-11/h5-7,11,15H,3-4H2,1-2H3. The van der Waals surface area contributed by atoms with Gasteiger partial charge in [0.05, 0.1) is 5.69 Å². The molecule has 1 aliphatic rings. The Hall–Kier alpha value is 0.230. The van der Waals surface area contributed by atoms with Crippen LogP contribution in [0.15, 0.2) is 16.6 Å². The Balaban J connectivity index is 2.33. The molecule has 1 atom stereocenters. The normalized spacial score (nSPS) is 19.9. The summed E-state index contributed by atoms with van der Waals surface area (Å²) in [6, 6.07) is 5.08. The molecule has 2 rings (SSSR count). The summed E-state index contributed by atoms with van der Waals surface area (Å²) in [5.74, 6) is 0.698. The van der Waals surface area contributed by atoms with E-state index in [0.717, 1.165) is 0 Å². The van der Waals surface area contributed by atoms with E-state index in [-0.39, 0.29) is 0 Å². The highest BCUT2D eigenvalue weighted by Crippen LogP contribution is 2.35. The van der Waals surface area contributed by atoms with E-state index < -0.39 is 0 Å². The third kappa shape index (κ3) is 2.49. The first-order valence-electron chi connectivity index (χ1n) is 5.32.